The second-order valence-corrected chi connectivity index (χ2v) is 6.87. The van der Waals surface area contributed by atoms with Crippen molar-refractivity contribution >= 4 is 10.0 Å². The lowest BCUT2D eigenvalue weighted by Crippen LogP contribution is -2.38. The molecule has 0 aromatic heterocycles. The maximum atomic E-state index is 11.7. The molecule has 1 aliphatic heterocycles. The van der Waals surface area contributed by atoms with E-state index in [1.54, 1.807) is 13.8 Å². The molecule has 0 spiro atoms. The average Bonchev–Trinajstić information content (AvgIpc) is 2.66. The van der Waals surface area contributed by atoms with Gasteiger partial charge in [0.05, 0.1) is 11.9 Å². The summed E-state index contributed by atoms with van der Waals surface area (Å²) >= 11 is 0. The van der Waals surface area contributed by atoms with Crippen molar-refractivity contribution < 1.29 is 18.3 Å². The monoisotopic (exact) mass is 251 g/mol. The fourth-order valence-electron chi connectivity index (χ4n) is 1.64. The number of aliphatic hydroxyl groups excluding tert-OH is 1. The van der Waals surface area contributed by atoms with E-state index in [1.165, 1.54) is 0 Å². The first-order valence-electron chi connectivity index (χ1n) is 5.54. The summed E-state index contributed by atoms with van der Waals surface area (Å²) < 4.78 is 31.2. The van der Waals surface area contributed by atoms with Gasteiger partial charge in [0, 0.05) is 25.2 Å². The molecule has 1 heterocycles. The molecule has 0 radical (unpaired) electrons. The molecule has 1 aliphatic rings. The predicted molar refractivity (Wildman–Crippen MR) is 61.6 cm³/mol. The van der Waals surface area contributed by atoms with E-state index >= 15 is 0 Å². The molecule has 16 heavy (non-hydrogen) atoms. The zero-order valence-corrected chi connectivity index (χ0v) is 10.7. The van der Waals surface area contributed by atoms with Crippen molar-refractivity contribution in [2.24, 2.45) is 5.41 Å². The topological polar surface area (TPSA) is 75.6 Å². The van der Waals surface area contributed by atoms with Crippen LogP contribution in [-0.2, 0) is 14.8 Å². The fraction of sp³-hybridized carbons (Fsp3) is 1.00. The first-order chi connectivity index (χ1) is 7.35. The van der Waals surface area contributed by atoms with Crippen molar-refractivity contribution in [1.82, 2.24) is 4.72 Å². The lowest BCUT2D eigenvalue weighted by atomic mass is 9.98. The van der Waals surface area contributed by atoms with Gasteiger partial charge in [0.25, 0.3) is 0 Å². The molecule has 0 amide bonds. The summed E-state index contributed by atoms with van der Waals surface area (Å²) in [5.41, 5.74) is -0.609. The molecule has 96 valence electrons. The minimum absolute atomic E-state index is 0.00649. The Morgan fingerprint density at radius 1 is 1.50 bits per heavy atom. The Hall–Kier alpha value is -0.170. The second-order valence-electron chi connectivity index (χ2n) is 5.06. The highest BCUT2D eigenvalue weighted by atomic mass is 32.2. The summed E-state index contributed by atoms with van der Waals surface area (Å²) in [7, 11) is -3.33. The van der Waals surface area contributed by atoms with E-state index in [9.17, 15) is 8.42 Å². The van der Waals surface area contributed by atoms with Gasteiger partial charge < -0.3 is 9.84 Å². The number of aliphatic hydroxyl groups is 1. The minimum atomic E-state index is -3.33. The molecule has 1 saturated heterocycles. The number of hydrogen-bond donors (Lipinski definition) is 2. The van der Waals surface area contributed by atoms with Crippen molar-refractivity contribution in [3.05, 3.63) is 0 Å². The first kappa shape index (κ1) is 13.9. The second kappa shape index (κ2) is 5.44. The van der Waals surface area contributed by atoms with E-state index in [2.05, 4.69) is 4.72 Å². The third kappa shape index (κ3) is 4.78. The molecule has 5 nitrogen and oxygen atoms in total. The van der Waals surface area contributed by atoms with Crippen LogP contribution in [0.25, 0.3) is 0 Å². The number of ether oxygens (including phenoxy) is 1. The number of sulfonamides is 1. The van der Waals surface area contributed by atoms with Crippen LogP contribution in [0.4, 0.5) is 0 Å². The van der Waals surface area contributed by atoms with Gasteiger partial charge in [-0.2, -0.15) is 0 Å². The van der Waals surface area contributed by atoms with Crippen molar-refractivity contribution in [2.45, 2.75) is 32.8 Å². The Morgan fingerprint density at radius 2 is 2.19 bits per heavy atom. The molecule has 0 bridgehead atoms. The zero-order chi connectivity index (χ0) is 12.2. The fourth-order valence-corrected chi connectivity index (χ4v) is 3.30. The number of hydrogen-bond acceptors (Lipinski definition) is 4. The van der Waals surface area contributed by atoms with Crippen LogP contribution < -0.4 is 4.72 Å². The summed E-state index contributed by atoms with van der Waals surface area (Å²) in [6, 6.07) is 0. The highest BCUT2D eigenvalue weighted by Crippen LogP contribution is 2.16. The third-order valence-corrected chi connectivity index (χ3v) is 4.33. The Labute approximate surface area is 97.2 Å². The van der Waals surface area contributed by atoms with Gasteiger partial charge in [-0.05, 0) is 12.8 Å². The van der Waals surface area contributed by atoms with E-state index in [-0.39, 0.29) is 18.5 Å². The van der Waals surface area contributed by atoms with Crippen molar-refractivity contribution in [3.63, 3.8) is 0 Å². The molecular weight excluding hydrogens is 230 g/mol. The molecule has 0 aromatic carbocycles. The summed E-state index contributed by atoms with van der Waals surface area (Å²) in [5, 5.41) is 9.02. The predicted octanol–water partition coefficient (Wildman–Crippen LogP) is 0.103. The largest absolute Gasteiger partial charge is 0.396 e. The SMILES string of the molecule is CC(C)(CO)CS(=O)(=O)NCC1CCCO1. The molecule has 6 heteroatoms. The van der Waals surface area contributed by atoms with Crippen LogP contribution in [0.1, 0.15) is 26.7 Å². The van der Waals surface area contributed by atoms with E-state index in [0.717, 1.165) is 12.8 Å². The quantitative estimate of drug-likeness (QED) is 0.702. The highest BCUT2D eigenvalue weighted by Gasteiger charge is 2.26. The summed E-state index contributed by atoms with van der Waals surface area (Å²) in [5.74, 6) is -0.0663. The molecule has 0 saturated carbocycles. The van der Waals surface area contributed by atoms with Crippen LogP contribution >= 0.6 is 0 Å². The molecule has 1 fully saturated rings. The van der Waals surface area contributed by atoms with Crippen molar-refractivity contribution in [3.8, 4) is 0 Å². The first-order valence-corrected chi connectivity index (χ1v) is 7.20. The molecule has 1 unspecified atom stereocenters. The lowest BCUT2D eigenvalue weighted by molar-refractivity contribution is 0.114. The standard InChI is InChI=1S/C10H21NO4S/c1-10(2,7-12)8-16(13,14)11-6-9-4-3-5-15-9/h9,11-12H,3-8H2,1-2H3. The van der Waals surface area contributed by atoms with Gasteiger partial charge in [-0.25, -0.2) is 13.1 Å². The molecule has 1 atom stereocenters. The summed E-state index contributed by atoms with van der Waals surface area (Å²) in [6.07, 6.45) is 1.91. The van der Waals surface area contributed by atoms with Gasteiger partial charge >= 0.3 is 0 Å². The van der Waals surface area contributed by atoms with E-state index < -0.39 is 15.4 Å². The van der Waals surface area contributed by atoms with Crippen LogP contribution in [0.15, 0.2) is 0 Å². The van der Waals surface area contributed by atoms with E-state index in [0.29, 0.717) is 13.2 Å². The maximum Gasteiger partial charge on any atom is 0.212 e. The van der Waals surface area contributed by atoms with Gasteiger partial charge in [-0.15, -0.1) is 0 Å². The molecule has 0 aromatic rings. The average molecular weight is 251 g/mol. The Kier molecular flexibility index (Phi) is 4.73. The minimum Gasteiger partial charge on any atom is -0.396 e. The van der Waals surface area contributed by atoms with Crippen LogP contribution in [0.3, 0.4) is 0 Å². The van der Waals surface area contributed by atoms with Gasteiger partial charge in [-0.3, -0.25) is 0 Å². The van der Waals surface area contributed by atoms with Gasteiger partial charge in [-0.1, -0.05) is 13.8 Å². The van der Waals surface area contributed by atoms with Crippen LogP contribution in [-0.4, -0.2) is 45.1 Å². The third-order valence-electron chi connectivity index (χ3n) is 2.56. The highest BCUT2D eigenvalue weighted by molar-refractivity contribution is 7.89. The van der Waals surface area contributed by atoms with Crippen LogP contribution in [0.5, 0.6) is 0 Å². The van der Waals surface area contributed by atoms with Crippen molar-refractivity contribution in [1.29, 1.82) is 0 Å². The molecular formula is C10H21NO4S. The number of nitrogens with one attached hydrogen (secondary N) is 1. The molecule has 0 aliphatic carbocycles. The smallest absolute Gasteiger partial charge is 0.212 e. The Bertz CT molecular complexity index is 307. The Balaban J connectivity index is 2.39. The van der Waals surface area contributed by atoms with Gasteiger partial charge in [0.15, 0.2) is 0 Å². The number of rotatable bonds is 6. The van der Waals surface area contributed by atoms with Gasteiger partial charge in [0.2, 0.25) is 10.0 Å². The van der Waals surface area contributed by atoms with E-state index in [4.69, 9.17) is 9.84 Å². The molecule has 2 N–H and O–H groups in total. The van der Waals surface area contributed by atoms with Crippen molar-refractivity contribution in [2.75, 3.05) is 25.5 Å². The maximum absolute atomic E-state index is 11.7. The van der Waals surface area contributed by atoms with Crippen LogP contribution in [0.2, 0.25) is 0 Å². The normalized spacial score (nSPS) is 22.6. The Morgan fingerprint density at radius 3 is 2.69 bits per heavy atom. The summed E-state index contributed by atoms with van der Waals surface area (Å²) in [4.78, 5) is 0. The molecule has 1 rings (SSSR count). The van der Waals surface area contributed by atoms with E-state index in [1.807, 2.05) is 0 Å². The van der Waals surface area contributed by atoms with Crippen LogP contribution in [0, 0.1) is 5.41 Å². The van der Waals surface area contributed by atoms with Gasteiger partial charge in [0.1, 0.15) is 0 Å². The summed E-state index contributed by atoms with van der Waals surface area (Å²) in [6.45, 7) is 4.35. The lowest BCUT2D eigenvalue weighted by Gasteiger charge is -2.21. The zero-order valence-electron chi connectivity index (χ0n) is 9.90.